The fourth-order valence-electron chi connectivity index (χ4n) is 3.99. The van der Waals surface area contributed by atoms with E-state index in [1.807, 2.05) is 0 Å². The predicted octanol–water partition coefficient (Wildman–Crippen LogP) is 4.21. The van der Waals surface area contributed by atoms with Crippen LogP contribution >= 0.6 is 0 Å². The van der Waals surface area contributed by atoms with E-state index in [2.05, 4.69) is 13.8 Å². The third kappa shape index (κ3) is 2.87. The van der Waals surface area contributed by atoms with Crippen LogP contribution in [-0.4, -0.2) is 5.78 Å². The number of hydrogen-bond acceptors (Lipinski definition) is 1. The number of carbonyl (C=O) groups excluding carboxylic acids is 1. The Labute approximate surface area is 100.0 Å². The molecular formula is C15H26O. The van der Waals surface area contributed by atoms with Crippen molar-refractivity contribution in [2.45, 2.75) is 65.2 Å². The van der Waals surface area contributed by atoms with E-state index in [0.717, 1.165) is 30.6 Å². The van der Waals surface area contributed by atoms with Gasteiger partial charge in [0.15, 0.2) is 0 Å². The van der Waals surface area contributed by atoms with E-state index in [9.17, 15) is 4.79 Å². The van der Waals surface area contributed by atoms with Gasteiger partial charge in [0, 0.05) is 12.8 Å². The summed E-state index contributed by atoms with van der Waals surface area (Å²) >= 11 is 0. The van der Waals surface area contributed by atoms with Crippen molar-refractivity contribution in [1.82, 2.24) is 0 Å². The molecule has 0 amide bonds. The standard InChI is InChI=1S/C15H26O/c1-3-4-11(2)7-15(16)10-14-9-12-5-6-13(14)8-12/h11-14H,3-10H2,1-2H3. The molecule has 2 bridgehead atoms. The van der Waals surface area contributed by atoms with E-state index in [0.29, 0.717) is 11.7 Å². The number of Topliss-reactive ketones (excluding diaryl/α,β-unsaturated/α-hetero) is 1. The van der Waals surface area contributed by atoms with Crippen LogP contribution in [-0.2, 0) is 4.79 Å². The molecular weight excluding hydrogens is 196 g/mol. The minimum atomic E-state index is 0.540. The summed E-state index contributed by atoms with van der Waals surface area (Å²) < 4.78 is 0. The molecule has 0 radical (unpaired) electrons. The maximum Gasteiger partial charge on any atom is 0.133 e. The summed E-state index contributed by atoms with van der Waals surface area (Å²) in [6, 6.07) is 0. The molecule has 2 aliphatic rings. The summed E-state index contributed by atoms with van der Waals surface area (Å²) in [5.41, 5.74) is 0. The molecule has 1 heteroatoms. The van der Waals surface area contributed by atoms with E-state index in [1.165, 1.54) is 38.5 Å². The SMILES string of the molecule is CCCC(C)CC(=O)CC1CC2CCC1C2. The minimum absolute atomic E-state index is 0.540. The maximum absolute atomic E-state index is 12.0. The Morgan fingerprint density at radius 1 is 1.31 bits per heavy atom. The second kappa shape index (κ2) is 5.33. The monoisotopic (exact) mass is 222 g/mol. The molecule has 16 heavy (non-hydrogen) atoms. The first kappa shape index (κ1) is 12.1. The molecule has 2 saturated carbocycles. The molecule has 0 saturated heterocycles. The average Bonchev–Trinajstić information content (AvgIpc) is 2.78. The van der Waals surface area contributed by atoms with E-state index in [-0.39, 0.29) is 0 Å². The molecule has 0 aromatic rings. The zero-order valence-electron chi connectivity index (χ0n) is 10.9. The van der Waals surface area contributed by atoms with Crippen molar-refractivity contribution >= 4 is 5.78 Å². The normalized spacial score (nSPS) is 34.2. The van der Waals surface area contributed by atoms with Crippen LogP contribution in [0.5, 0.6) is 0 Å². The van der Waals surface area contributed by atoms with Crippen molar-refractivity contribution in [3.63, 3.8) is 0 Å². The lowest BCUT2D eigenvalue weighted by molar-refractivity contribution is -0.121. The van der Waals surface area contributed by atoms with Crippen molar-refractivity contribution in [1.29, 1.82) is 0 Å². The molecule has 1 nitrogen and oxygen atoms in total. The fourth-order valence-corrected chi connectivity index (χ4v) is 3.99. The van der Waals surface area contributed by atoms with Crippen LogP contribution in [0.2, 0.25) is 0 Å². The van der Waals surface area contributed by atoms with E-state index < -0.39 is 0 Å². The second-order valence-corrected chi connectivity index (χ2v) is 6.28. The zero-order valence-corrected chi connectivity index (χ0v) is 10.9. The third-order valence-corrected chi connectivity index (χ3v) is 4.73. The number of hydrogen-bond donors (Lipinski definition) is 0. The first-order valence-corrected chi connectivity index (χ1v) is 7.20. The van der Waals surface area contributed by atoms with Crippen molar-refractivity contribution in [3.05, 3.63) is 0 Å². The van der Waals surface area contributed by atoms with Crippen molar-refractivity contribution < 1.29 is 4.79 Å². The Balaban J connectivity index is 1.71. The Morgan fingerprint density at radius 3 is 2.69 bits per heavy atom. The summed E-state index contributed by atoms with van der Waals surface area (Å²) in [5.74, 6) is 3.81. The zero-order chi connectivity index (χ0) is 11.5. The van der Waals surface area contributed by atoms with Crippen LogP contribution in [0.4, 0.5) is 0 Å². The number of carbonyl (C=O) groups is 1. The number of rotatable bonds is 6. The lowest BCUT2D eigenvalue weighted by atomic mass is 9.83. The molecule has 92 valence electrons. The highest BCUT2D eigenvalue weighted by atomic mass is 16.1. The van der Waals surface area contributed by atoms with Crippen LogP contribution < -0.4 is 0 Å². The topological polar surface area (TPSA) is 17.1 Å². The van der Waals surface area contributed by atoms with Crippen LogP contribution in [0.15, 0.2) is 0 Å². The lowest BCUT2D eigenvalue weighted by Gasteiger charge is -2.21. The summed E-state index contributed by atoms with van der Waals surface area (Å²) in [7, 11) is 0. The molecule has 2 rings (SSSR count). The predicted molar refractivity (Wildman–Crippen MR) is 67.3 cm³/mol. The molecule has 0 aromatic heterocycles. The summed E-state index contributed by atoms with van der Waals surface area (Å²) in [6.07, 6.45) is 9.80. The van der Waals surface area contributed by atoms with Gasteiger partial charge in [-0.25, -0.2) is 0 Å². The Bertz CT molecular complexity index is 246. The molecule has 4 unspecified atom stereocenters. The molecule has 0 aliphatic heterocycles. The van der Waals surface area contributed by atoms with Gasteiger partial charge in [0.05, 0.1) is 0 Å². The van der Waals surface area contributed by atoms with Crippen LogP contribution in [0, 0.1) is 23.7 Å². The molecule has 0 spiro atoms. The highest BCUT2D eigenvalue weighted by Crippen LogP contribution is 2.49. The highest BCUT2D eigenvalue weighted by Gasteiger charge is 2.39. The lowest BCUT2D eigenvalue weighted by Crippen LogP contribution is -2.16. The van der Waals surface area contributed by atoms with E-state index in [4.69, 9.17) is 0 Å². The van der Waals surface area contributed by atoms with Gasteiger partial charge in [0.2, 0.25) is 0 Å². The summed E-state index contributed by atoms with van der Waals surface area (Å²) in [5, 5.41) is 0. The van der Waals surface area contributed by atoms with Gasteiger partial charge in [-0.2, -0.15) is 0 Å². The van der Waals surface area contributed by atoms with Crippen LogP contribution in [0.1, 0.15) is 65.2 Å². The first-order valence-electron chi connectivity index (χ1n) is 7.20. The van der Waals surface area contributed by atoms with Gasteiger partial charge in [-0.3, -0.25) is 4.79 Å². The van der Waals surface area contributed by atoms with Crippen molar-refractivity contribution in [2.75, 3.05) is 0 Å². The largest absolute Gasteiger partial charge is 0.300 e. The summed E-state index contributed by atoms with van der Waals surface area (Å²) in [6.45, 7) is 4.43. The number of ketones is 1. The van der Waals surface area contributed by atoms with Gasteiger partial charge in [-0.05, 0) is 42.9 Å². The van der Waals surface area contributed by atoms with Gasteiger partial charge >= 0.3 is 0 Å². The first-order chi connectivity index (χ1) is 7.69. The molecule has 0 aromatic carbocycles. The van der Waals surface area contributed by atoms with E-state index >= 15 is 0 Å². The second-order valence-electron chi connectivity index (χ2n) is 6.28. The van der Waals surface area contributed by atoms with Crippen LogP contribution in [0.25, 0.3) is 0 Å². The Hall–Kier alpha value is -0.330. The van der Waals surface area contributed by atoms with Crippen molar-refractivity contribution in [2.24, 2.45) is 23.7 Å². The Kier molecular flexibility index (Phi) is 4.05. The van der Waals surface area contributed by atoms with Gasteiger partial charge in [-0.1, -0.05) is 33.1 Å². The fraction of sp³-hybridized carbons (Fsp3) is 0.933. The molecule has 2 fully saturated rings. The van der Waals surface area contributed by atoms with Crippen LogP contribution in [0.3, 0.4) is 0 Å². The van der Waals surface area contributed by atoms with Crippen molar-refractivity contribution in [3.8, 4) is 0 Å². The summed E-state index contributed by atoms with van der Waals surface area (Å²) in [4.78, 5) is 12.0. The molecule has 0 N–H and O–H groups in total. The van der Waals surface area contributed by atoms with Gasteiger partial charge in [0.25, 0.3) is 0 Å². The third-order valence-electron chi connectivity index (χ3n) is 4.73. The number of fused-ring (bicyclic) bond motifs is 2. The van der Waals surface area contributed by atoms with Gasteiger partial charge < -0.3 is 0 Å². The molecule has 0 heterocycles. The molecule has 4 atom stereocenters. The van der Waals surface area contributed by atoms with Gasteiger partial charge in [0.1, 0.15) is 5.78 Å². The highest BCUT2D eigenvalue weighted by molar-refractivity contribution is 5.78. The molecule has 2 aliphatic carbocycles. The maximum atomic E-state index is 12.0. The average molecular weight is 222 g/mol. The smallest absolute Gasteiger partial charge is 0.133 e. The Morgan fingerprint density at radius 2 is 2.12 bits per heavy atom. The van der Waals surface area contributed by atoms with Gasteiger partial charge in [-0.15, -0.1) is 0 Å². The quantitative estimate of drug-likeness (QED) is 0.658. The minimum Gasteiger partial charge on any atom is -0.300 e. The van der Waals surface area contributed by atoms with E-state index in [1.54, 1.807) is 0 Å².